The maximum absolute atomic E-state index is 12.6. The summed E-state index contributed by atoms with van der Waals surface area (Å²) in [5.74, 6) is 0. The lowest BCUT2D eigenvalue weighted by Gasteiger charge is -2.26. The molecule has 112 valence electrons. The molecule has 0 spiro atoms. The van der Waals surface area contributed by atoms with Crippen LogP contribution in [0.3, 0.4) is 0 Å². The Labute approximate surface area is 124 Å². The molecule has 0 radical (unpaired) electrons. The predicted molar refractivity (Wildman–Crippen MR) is 81.9 cm³/mol. The third kappa shape index (κ3) is 2.85. The van der Waals surface area contributed by atoms with Crippen LogP contribution in [0, 0.1) is 0 Å². The summed E-state index contributed by atoms with van der Waals surface area (Å²) in [7, 11) is -3.65. The van der Waals surface area contributed by atoms with Crippen LogP contribution in [0.2, 0.25) is 0 Å². The second kappa shape index (κ2) is 5.59. The monoisotopic (exact) mass is 306 g/mol. The molecular weight excluding hydrogens is 288 g/mol. The third-order valence-electron chi connectivity index (χ3n) is 3.66. The maximum atomic E-state index is 12.6. The molecule has 0 atom stereocenters. The van der Waals surface area contributed by atoms with E-state index in [4.69, 9.17) is 5.73 Å². The van der Waals surface area contributed by atoms with E-state index in [0.717, 1.165) is 32.4 Å². The van der Waals surface area contributed by atoms with Crippen molar-refractivity contribution in [1.29, 1.82) is 0 Å². The van der Waals surface area contributed by atoms with Gasteiger partial charge in [0, 0.05) is 30.4 Å². The summed E-state index contributed by atoms with van der Waals surface area (Å²) in [6.07, 6.45) is 4.72. The second-order valence-corrected chi connectivity index (χ2v) is 6.82. The molecule has 0 amide bonds. The van der Waals surface area contributed by atoms with Crippen molar-refractivity contribution >= 4 is 26.6 Å². The first-order valence-electron chi connectivity index (χ1n) is 6.98. The molecule has 0 aliphatic carbocycles. The van der Waals surface area contributed by atoms with E-state index < -0.39 is 10.0 Å². The van der Waals surface area contributed by atoms with Crippen LogP contribution in [-0.4, -0.2) is 31.5 Å². The Morgan fingerprint density at radius 3 is 2.67 bits per heavy atom. The molecular formula is C14H18N4O2S. The number of nitrogen functional groups attached to an aromatic ring is 1. The van der Waals surface area contributed by atoms with Crippen LogP contribution in [0.4, 0.5) is 5.69 Å². The Kier molecular flexibility index (Phi) is 3.79. The number of nitrogens with one attached hydrogen (secondary N) is 1. The number of nitrogens with zero attached hydrogens (tertiary/aromatic N) is 2. The topological polar surface area (TPSA) is 88.3 Å². The second-order valence-electron chi connectivity index (χ2n) is 5.19. The largest absolute Gasteiger partial charge is 0.398 e. The number of fused-ring (bicyclic) bond motifs is 1. The Hall–Kier alpha value is -1.70. The number of nitrogens with two attached hydrogens (primary N) is 1. The standard InChI is InChI=1S/C14H18N4O2S/c15-12-6-7-13(14-11(12)5-4-8-16-14)21(19,20)17-18-9-2-1-3-10-18/h4-8,17H,1-3,9-10,15H2. The van der Waals surface area contributed by atoms with E-state index in [1.165, 1.54) is 6.07 Å². The lowest BCUT2D eigenvalue weighted by Crippen LogP contribution is -2.44. The minimum absolute atomic E-state index is 0.165. The van der Waals surface area contributed by atoms with Crippen molar-refractivity contribution in [2.24, 2.45) is 0 Å². The average Bonchev–Trinajstić information content (AvgIpc) is 2.48. The van der Waals surface area contributed by atoms with Crippen molar-refractivity contribution < 1.29 is 8.42 Å². The summed E-state index contributed by atoms with van der Waals surface area (Å²) in [6, 6.07) is 6.64. The van der Waals surface area contributed by atoms with Crippen LogP contribution < -0.4 is 10.6 Å². The minimum Gasteiger partial charge on any atom is -0.398 e. The van der Waals surface area contributed by atoms with Crippen LogP contribution in [0.1, 0.15) is 19.3 Å². The highest BCUT2D eigenvalue weighted by atomic mass is 32.2. The highest BCUT2D eigenvalue weighted by Crippen LogP contribution is 2.26. The van der Waals surface area contributed by atoms with Gasteiger partial charge in [0.25, 0.3) is 10.0 Å². The molecule has 3 N–H and O–H groups in total. The van der Waals surface area contributed by atoms with Gasteiger partial charge in [0.1, 0.15) is 4.90 Å². The van der Waals surface area contributed by atoms with Crippen molar-refractivity contribution in [3.8, 4) is 0 Å². The summed E-state index contributed by atoms with van der Waals surface area (Å²) in [5.41, 5.74) is 6.81. The van der Waals surface area contributed by atoms with Gasteiger partial charge in [0.05, 0.1) is 5.52 Å². The average molecular weight is 306 g/mol. The first kappa shape index (κ1) is 14.2. The molecule has 0 unspecified atom stereocenters. The van der Waals surface area contributed by atoms with Gasteiger partial charge >= 0.3 is 0 Å². The Balaban J connectivity index is 2.00. The first-order valence-corrected chi connectivity index (χ1v) is 8.47. The number of anilines is 1. The number of pyridine rings is 1. The number of aromatic nitrogens is 1. The lowest BCUT2D eigenvalue weighted by atomic mass is 10.2. The zero-order chi connectivity index (χ0) is 14.9. The molecule has 0 saturated carbocycles. The molecule has 1 fully saturated rings. The van der Waals surface area contributed by atoms with Gasteiger partial charge in [-0.1, -0.05) is 6.42 Å². The fraction of sp³-hybridized carbons (Fsp3) is 0.357. The predicted octanol–water partition coefficient (Wildman–Crippen LogP) is 1.50. The van der Waals surface area contributed by atoms with Gasteiger partial charge in [0.2, 0.25) is 0 Å². The van der Waals surface area contributed by atoms with Gasteiger partial charge in [0.15, 0.2) is 0 Å². The van der Waals surface area contributed by atoms with Crippen LogP contribution >= 0.6 is 0 Å². The zero-order valence-electron chi connectivity index (χ0n) is 11.6. The van der Waals surface area contributed by atoms with Gasteiger partial charge in [-0.2, -0.15) is 0 Å². The van der Waals surface area contributed by atoms with Crippen LogP contribution in [0.25, 0.3) is 10.9 Å². The number of sulfonamides is 1. The van der Waals surface area contributed by atoms with E-state index in [9.17, 15) is 8.42 Å². The van der Waals surface area contributed by atoms with Crippen molar-refractivity contribution in [2.45, 2.75) is 24.2 Å². The van der Waals surface area contributed by atoms with Gasteiger partial charge in [-0.25, -0.2) is 13.4 Å². The first-order chi connectivity index (χ1) is 10.1. The lowest BCUT2D eigenvalue weighted by molar-refractivity contribution is 0.200. The molecule has 1 aromatic carbocycles. The molecule has 21 heavy (non-hydrogen) atoms. The summed E-state index contributed by atoms with van der Waals surface area (Å²) >= 11 is 0. The van der Waals surface area contributed by atoms with E-state index in [1.54, 1.807) is 29.4 Å². The van der Waals surface area contributed by atoms with Crippen molar-refractivity contribution in [3.63, 3.8) is 0 Å². The summed E-state index contributed by atoms with van der Waals surface area (Å²) in [6.45, 7) is 1.47. The summed E-state index contributed by atoms with van der Waals surface area (Å²) < 4.78 is 25.2. The van der Waals surface area contributed by atoms with Gasteiger partial charge in [-0.05, 0) is 37.1 Å². The molecule has 2 aromatic rings. The fourth-order valence-corrected chi connectivity index (χ4v) is 3.88. The molecule has 3 rings (SSSR count). The molecule has 1 saturated heterocycles. The number of piperidine rings is 1. The normalized spacial score (nSPS) is 17.1. The van der Waals surface area contributed by atoms with Crippen LogP contribution in [0.15, 0.2) is 35.4 Å². The highest BCUT2D eigenvalue weighted by Gasteiger charge is 2.23. The Bertz CT molecular complexity index is 755. The molecule has 1 aliphatic rings. The minimum atomic E-state index is -3.65. The van der Waals surface area contributed by atoms with E-state index in [0.29, 0.717) is 16.6 Å². The van der Waals surface area contributed by atoms with Gasteiger partial charge < -0.3 is 5.73 Å². The Morgan fingerprint density at radius 2 is 1.90 bits per heavy atom. The fourth-order valence-electron chi connectivity index (χ4n) is 2.59. The molecule has 1 aliphatic heterocycles. The highest BCUT2D eigenvalue weighted by molar-refractivity contribution is 7.89. The van der Waals surface area contributed by atoms with Crippen LogP contribution in [0.5, 0.6) is 0 Å². The quantitative estimate of drug-likeness (QED) is 0.839. The van der Waals surface area contributed by atoms with E-state index in [2.05, 4.69) is 9.82 Å². The van der Waals surface area contributed by atoms with E-state index in [-0.39, 0.29) is 4.90 Å². The number of rotatable bonds is 3. The number of hydrogen-bond acceptors (Lipinski definition) is 5. The third-order valence-corrected chi connectivity index (χ3v) is 5.07. The van der Waals surface area contributed by atoms with E-state index in [1.807, 2.05) is 0 Å². The SMILES string of the molecule is Nc1ccc(S(=O)(=O)NN2CCCCC2)c2ncccc12. The number of hydrogen-bond donors (Lipinski definition) is 2. The number of hydrazine groups is 1. The van der Waals surface area contributed by atoms with Crippen molar-refractivity contribution in [3.05, 3.63) is 30.5 Å². The molecule has 1 aromatic heterocycles. The van der Waals surface area contributed by atoms with E-state index >= 15 is 0 Å². The Morgan fingerprint density at radius 1 is 1.14 bits per heavy atom. The van der Waals surface area contributed by atoms with Crippen molar-refractivity contribution in [2.75, 3.05) is 18.8 Å². The van der Waals surface area contributed by atoms with Crippen molar-refractivity contribution in [1.82, 2.24) is 14.8 Å². The zero-order valence-corrected chi connectivity index (χ0v) is 12.4. The molecule has 2 heterocycles. The van der Waals surface area contributed by atoms with Crippen LogP contribution in [-0.2, 0) is 10.0 Å². The van der Waals surface area contributed by atoms with Gasteiger partial charge in [-0.3, -0.25) is 4.98 Å². The summed E-state index contributed by atoms with van der Waals surface area (Å²) in [5, 5.41) is 2.41. The smallest absolute Gasteiger partial charge is 0.255 e. The maximum Gasteiger partial charge on any atom is 0.255 e. The molecule has 6 nitrogen and oxygen atoms in total. The summed E-state index contributed by atoms with van der Waals surface area (Å²) in [4.78, 5) is 7.00. The van der Waals surface area contributed by atoms with Gasteiger partial charge in [-0.15, -0.1) is 4.83 Å². The molecule has 7 heteroatoms. The number of benzene rings is 1. The molecule has 0 bridgehead atoms.